The molecule has 5 heteroatoms. The van der Waals surface area contributed by atoms with Crippen LogP contribution in [0.3, 0.4) is 0 Å². The van der Waals surface area contributed by atoms with E-state index in [0.29, 0.717) is 0 Å². The number of aromatic nitrogens is 4. The first-order valence-electron chi connectivity index (χ1n) is 21.8. The third kappa shape index (κ3) is 5.03. The van der Waals surface area contributed by atoms with E-state index < -0.39 is 0 Å². The van der Waals surface area contributed by atoms with Crippen LogP contribution in [0.25, 0.3) is 127 Å². The Balaban J connectivity index is 0.965. The van der Waals surface area contributed by atoms with Gasteiger partial charge in [-0.3, -0.25) is 4.98 Å². The maximum atomic E-state index is 6.82. The van der Waals surface area contributed by atoms with Crippen LogP contribution in [-0.2, 0) is 0 Å². The van der Waals surface area contributed by atoms with Gasteiger partial charge in [0.1, 0.15) is 11.2 Å². The molecule has 0 spiro atoms. The maximum Gasteiger partial charge on any atom is 0.143 e. The minimum Gasteiger partial charge on any atom is -0.455 e. The zero-order valence-electron chi connectivity index (χ0n) is 34.5. The molecule has 0 bridgehead atoms. The van der Waals surface area contributed by atoms with E-state index in [1.807, 2.05) is 12.4 Å². The van der Waals surface area contributed by atoms with E-state index >= 15 is 0 Å². The van der Waals surface area contributed by atoms with E-state index in [0.717, 1.165) is 83.3 Å². The Morgan fingerprint density at radius 2 is 0.766 bits per heavy atom. The third-order valence-corrected chi connectivity index (χ3v) is 13.3. The third-order valence-electron chi connectivity index (χ3n) is 13.3. The highest BCUT2D eigenvalue weighted by Crippen LogP contribution is 2.43. The molecule has 0 radical (unpaired) electrons. The Hall–Kier alpha value is -8.67. The van der Waals surface area contributed by atoms with Crippen LogP contribution in [0.4, 0.5) is 0 Å². The molecule has 0 amide bonds. The second kappa shape index (κ2) is 13.4. The predicted octanol–water partition coefficient (Wildman–Crippen LogP) is 15.6. The number of hydrogen-bond donors (Lipinski definition) is 0. The van der Waals surface area contributed by atoms with Gasteiger partial charge in [-0.1, -0.05) is 127 Å². The molecular weight excluding hydrogens is 781 g/mol. The van der Waals surface area contributed by atoms with Crippen molar-refractivity contribution in [3.8, 4) is 39.3 Å². The first-order valence-corrected chi connectivity index (χ1v) is 21.8. The van der Waals surface area contributed by atoms with Crippen molar-refractivity contribution >= 4 is 87.4 Å². The number of hydrogen-bond acceptors (Lipinski definition) is 2. The van der Waals surface area contributed by atoms with Crippen LogP contribution in [0, 0.1) is 0 Å². The Labute approximate surface area is 366 Å². The zero-order valence-corrected chi connectivity index (χ0v) is 34.5. The summed E-state index contributed by atoms with van der Waals surface area (Å²) in [5.41, 5.74) is 16.3. The van der Waals surface area contributed by atoms with Gasteiger partial charge in [0.2, 0.25) is 0 Å². The summed E-state index contributed by atoms with van der Waals surface area (Å²) in [6.45, 7) is 0. The summed E-state index contributed by atoms with van der Waals surface area (Å²) >= 11 is 0. The van der Waals surface area contributed by atoms with Gasteiger partial charge in [0.15, 0.2) is 0 Å². The number of pyridine rings is 1. The van der Waals surface area contributed by atoms with Crippen LogP contribution in [-0.4, -0.2) is 18.7 Å². The first kappa shape index (κ1) is 35.0. The Morgan fingerprint density at radius 3 is 1.33 bits per heavy atom. The fourth-order valence-electron chi connectivity index (χ4n) is 10.5. The van der Waals surface area contributed by atoms with Crippen molar-refractivity contribution in [1.29, 1.82) is 0 Å². The smallest absolute Gasteiger partial charge is 0.143 e. The number of rotatable bonds is 5. The average Bonchev–Trinajstić information content (AvgIpc) is 4.10. The molecule has 9 aromatic carbocycles. The Kier molecular flexibility index (Phi) is 7.33. The second-order valence-corrected chi connectivity index (χ2v) is 16.8. The van der Waals surface area contributed by atoms with Gasteiger partial charge in [0, 0.05) is 54.3 Å². The van der Waals surface area contributed by atoms with Crippen LogP contribution >= 0.6 is 0 Å². The highest BCUT2D eigenvalue weighted by Gasteiger charge is 2.20. The fraction of sp³-hybridized carbons (Fsp3) is 0. The summed E-state index contributed by atoms with van der Waals surface area (Å²) in [6.07, 6.45) is 3.95. The highest BCUT2D eigenvalue weighted by molar-refractivity contribution is 6.15. The maximum absolute atomic E-state index is 6.82. The van der Waals surface area contributed by atoms with E-state index in [4.69, 9.17) is 9.40 Å². The van der Waals surface area contributed by atoms with Gasteiger partial charge in [-0.25, -0.2) is 0 Å². The van der Waals surface area contributed by atoms with Gasteiger partial charge in [-0.15, -0.1) is 0 Å². The Bertz CT molecular complexity index is 4090. The van der Waals surface area contributed by atoms with Gasteiger partial charge in [-0.2, -0.15) is 0 Å². The number of para-hydroxylation sites is 5. The van der Waals surface area contributed by atoms with E-state index in [2.05, 4.69) is 220 Å². The van der Waals surface area contributed by atoms with E-state index in [9.17, 15) is 0 Å². The summed E-state index contributed by atoms with van der Waals surface area (Å²) in [7, 11) is 0. The van der Waals surface area contributed by atoms with Crippen molar-refractivity contribution in [2.45, 2.75) is 0 Å². The molecule has 14 aromatic rings. The molecule has 0 unspecified atom stereocenters. The zero-order chi connectivity index (χ0) is 41.9. The molecule has 0 atom stereocenters. The minimum atomic E-state index is 0.865. The molecule has 0 aliphatic heterocycles. The van der Waals surface area contributed by atoms with Crippen LogP contribution < -0.4 is 0 Å². The van der Waals surface area contributed by atoms with Crippen molar-refractivity contribution in [1.82, 2.24) is 18.7 Å². The summed E-state index contributed by atoms with van der Waals surface area (Å²) in [5.74, 6) is 0. The number of nitrogens with zero attached hydrogens (tertiary/aromatic N) is 4. The average molecular weight is 817 g/mol. The molecule has 298 valence electrons. The molecule has 64 heavy (non-hydrogen) atoms. The quantitative estimate of drug-likeness (QED) is 0.174. The van der Waals surface area contributed by atoms with Crippen LogP contribution in [0.15, 0.2) is 223 Å². The molecule has 0 aliphatic carbocycles. The lowest BCUT2D eigenvalue weighted by Gasteiger charge is -2.12. The molecule has 5 nitrogen and oxygen atoms in total. The lowest BCUT2D eigenvalue weighted by atomic mass is 9.95. The van der Waals surface area contributed by atoms with Crippen molar-refractivity contribution in [2.75, 3.05) is 0 Å². The summed E-state index contributed by atoms with van der Waals surface area (Å²) in [6, 6.07) is 74.3. The molecule has 5 aromatic heterocycles. The van der Waals surface area contributed by atoms with E-state index in [-0.39, 0.29) is 0 Å². The van der Waals surface area contributed by atoms with Gasteiger partial charge in [-0.05, 0) is 95.6 Å². The first-order chi connectivity index (χ1) is 31.7. The predicted molar refractivity (Wildman–Crippen MR) is 265 cm³/mol. The van der Waals surface area contributed by atoms with Crippen molar-refractivity contribution in [2.24, 2.45) is 0 Å². The number of furan rings is 1. The number of fused-ring (bicyclic) bond motifs is 12. The second-order valence-electron chi connectivity index (χ2n) is 16.8. The van der Waals surface area contributed by atoms with Crippen LogP contribution in [0.1, 0.15) is 0 Å². The monoisotopic (exact) mass is 816 g/mol. The van der Waals surface area contributed by atoms with Crippen molar-refractivity contribution in [3.05, 3.63) is 219 Å². The lowest BCUT2D eigenvalue weighted by Crippen LogP contribution is -1.99. The van der Waals surface area contributed by atoms with Gasteiger partial charge in [0.25, 0.3) is 0 Å². The van der Waals surface area contributed by atoms with Gasteiger partial charge < -0.3 is 18.1 Å². The van der Waals surface area contributed by atoms with Gasteiger partial charge >= 0.3 is 0 Å². The fourth-order valence-corrected chi connectivity index (χ4v) is 10.5. The van der Waals surface area contributed by atoms with Crippen LogP contribution in [0.5, 0.6) is 0 Å². The molecule has 0 saturated carbocycles. The van der Waals surface area contributed by atoms with Gasteiger partial charge in [0.05, 0.1) is 56.9 Å². The molecule has 14 rings (SSSR count). The normalized spacial score (nSPS) is 12.1. The summed E-state index contributed by atoms with van der Waals surface area (Å²) in [4.78, 5) is 4.88. The summed E-state index contributed by atoms with van der Waals surface area (Å²) in [5, 5.41) is 9.49. The lowest BCUT2D eigenvalue weighted by molar-refractivity contribution is 0.670. The van der Waals surface area contributed by atoms with E-state index in [1.54, 1.807) is 0 Å². The van der Waals surface area contributed by atoms with Crippen molar-refractivity contribution < 1.29 is 4.42 Å². The van der Waals surface area contributed by atoms with Crippen LogP contribution in [0.2, 0.25) is 0 Å². The standard InChI is InChI=1S/C59H36N4O/c1-2-14-37(15-3-1)48-31-39(32-51-50-34-40(27-29-58(50)64-59(48)51)61-52-21-9-4-16-43(52)44-17-5-10-22-53(44)61)38-26-28-57-49(30-38)47-20-8-13-25-56(47)63(57)42-33-41(35-60-36-42)62-54-23-11-6-18-45(54)46-19-7-12-24-55(46)62/h1-36H. The Morgan fingerprint density at radius 1 is 0.297 bits per heavy atom. The minimum absolute atomic E-state index is 0.865. The molecule has 0 saturated heterocycles. The SMILES string of the molecule is c1ccc(-c2cc(-c3ccc4c(c3)c3ccccc3n4-c3cncc(-n4c5ccccc5c5ccccc54)c3)cc3c2oc2ccc(-n4c5ccccc5c5ccccc54)cc23)cc1. The molecule has 0 N–H and O–H groups in total. The topological polar surface area (TPSA) is 40.8 Å². The molecular formula is C59H36N4O. The largest absolute Gasteiger partial charge is 0.455 e. The highest BCUT2D eigenvalue weighted by atomic mass is 16.3. The molecule has 0 aliphatic rings. The summed E-state index contributed by atoms with van der Waals surface area (Å²) < 4.78 is 13.9. The number of benzene rings is 9. The van der Waals surface area contributed by atoms with E-state index in [1.165, 1.54) is 43.4 Å². The molecule has 5 heterocycles. The van der Waals surface area contributed by atoms with Crippen molar-refractivity contribution in [3.63, 3.8) is 0 Å². The molecule has 0 fully saturated rings.